The van der Waals surface area contributed by atoms with E-state index in [-0.39, 0.29) is 35.2 Å². The fourth-order valence-corrected chi connectivity index (χ4v) is 2.60. The first-order valence-corrected chi connectivity index (χ1v) is 6.82. The van der Waals surface area contributed by atoms with E-state index < -0.39 is 0 Å². The maximum absolute atomic E-state index is 13.4. The molecule has 0 spiro atoms. The number of benzene rings is 1. The van der Waals surface area contributed by atoms with Crippen LogP contribution >= 0.6 is 24.0 Å². The van der Waals surface area contributed by atoms with Crippen LogP contribution in [0.4, 0.5) is 4.39 Å². The number of rotatable bonds is 2. The summed E-state index contributed by atoms with van der Waals surface area (Å²) in [5.41, 5.74) is 0.813. The first-order chi connectivity index (χ1) is 9.00. The van der Waals surface area contributed by atoms with Gasteiger partial charge in [0.15, 0.2) is 0 Å². The van der Waals surface area contributed by atoms with Gasteiger partial charge in [0.1, 0.15) is 5.82 Å². The summed E-state index contributed by atoms with van der Waals surface area (Å²) in [6.07, 6.45) is 1.86. The topological polar surface area (TPSA) is 32.3 Å². The second-order valence-corrected chi connectivity index (χ2v) is 5.39. The van der Waals surface area contributed by atoms with Gasteiger partial charge in [-0.15, -0.1) is 12.4 Å². The number of nitrogens with zero attached hydrogens (tertiary/aromatic N) is 1. The summed E-state index contributed by atoms with van der Waals surface area (Å²) >= 11 is 5.98. The van der Waals surface area contributed by atoms with Gasteiger partial charge in [-0.05, 0) is 50.6 Å². The molecule has 0 aliphatic carbocycles. The number of hydrogen-bond donors (Lipinski definition) is 1. The van der Waals surface area contributed by atoms with E-state index in [0.717, 1.165) is 25.9 Å². The minimum absolute atomic E-state index is 0. The van der Waals surface area contributed by atoms with Gasteiger partial charge >= 0.3 is 0 Å². The molecule has 1 aromatic carbocycles. The third-order valence-corrected chi connectivity index (χ3v) is 3.97. The van der Waals surface area contributed by atoms with Crippen LogP contribution in [0.25, 0.3) is 0 Å². The Morgan fingerprint density at radius 2 is 2.00 bits per heavy atom. The molecule has 2 rings (SSSR count). The first-order valence-electron chi connectivity index (χ1n) is 6.44. The van der Waals surface area contributed by atoms with Crippen molar-refractivity contribution in [3.8, 4) is 0 Å². The lowest BCUT2D eigenvalue weighted by Gasteiger charge is -2.32. The Balaban J connectivity index is 0.00000200. The van der Waals surface area contributed by atoms with Crippen LogP contribution in [0.5, 0.6) is 0 Å². The van der Waals surface area contributed by atoms with Crippen LogP contribution in [-0.2, 0) is 0 Å². The van der Waals surface area contributed by atoms with Gasteiger partial charge in [0, 0.05) is 13.1 Å². The van der Waals surface area contributed by atoms with E-state index in [0.29, 0.717) is 11.1 Å². The molecular weight excluding hydrogens is 302 g/mol. The van der Waals surface area contributed by atoms with Crippen molar-refractivity contribution in [2.75, 3.05) is 20.1 Å². The Hall–Kier alpha value is -0.840. The molecule has 1 aliphatic heterocycles. The van der Waals surface area contributed by atoms with E-state index in [1.54, 1.807) is 18.9 Å². The molecule has 112 valence electrons. The lowest BCUT2D eigenvalue weighted by atomic mass is 10.0. The largest absolute Gasteiger partial charge is 0.339 e. The Bertz CT molecular complexity index is 490. The molecule has 0 saturated carbocycles. The molecule has 3 nitrogen and oxygen atoms in total. The number of halogens is 3. The Labute approximate surface area is 129 Å². The Kier molecular flexibility index (Phi) is 6.24. The quantitative estimate of drug-likeness (QED) is 0.908. The van der Waals surface area contributed by atoms with Crippen molar-refractivity contribution in [2.45, 2.75) is 25.8 Å². The minimum atomic E-state index is -0.383. The normalized spacial score (nSPS) is 15.6. The molecule has 6 heteroatoms. The van der Waals surface area contributed by atoms with Crippen molar-refractivity contribution in [2.24, 2.45) is 0 Å². The van der Waals surface area contributed by atoms with Crippen LogP contribution in [0.15, 0.2) is 12.1 Å². The molecule has 0 aromatic heterocycles. The highest BCUT2D eigenvalue weighted by atomic mass is 35.5. The number of carbonyl (C=O) groups excluding carboxylic acids is 1. The highest BCUT2D eigenvalue weighted by Gasteiger charge is 2.24. The molecule has 1 amide bonds. The molecular formula is C14H19Cl2FN2O. The molecule has 1 fully saturated rings. The maximum atomic E-state index is 13.4. The van der Waals surface area contributed by atoms with Crippen LogP contribution in [0, 0.1) is 12.7 Å². The summed E-state index contributed by atoms with van der Waals surface area (Å²) in [5, 5.41) is 3.44. The number of aryl methyl sites for hydroxylation is 1. The molecule has 1 heterocycles. The average molecular weight is 321 g/mol. The minimum Gasteiger partial charge on any atom is -0.339 e. The molecule has 20 heavy (non-hydrogen) atoms. The Morgan fingerprint density at radius 3 is 2.60 bits per heavy atom. The molecule has 1 saturated heterocycles. The second-order valence-electron chi connectivity index (χ2n) is 4.98. The number of carbonyl (C=O) groups is 1. The summed E-state index contributed by atoms with van der Waals surface area (Å²) < 4.78 is 13.4. The zero-order valence-electron chi connectivity index (χ0n) is 11.6. The van der Waals surface area contributed by atoms with Crippen LogP contribution in [0.3, 0.4) is 0 Å². The zero-order chi connectivity index (χ0) is 14.0. The highest BCUT2D eigenvalue weighted by molar-refractivity contribution is 6.33. The summed E-state index contributed by atoms with van der Waals surface area (Å²) in [7, 11) is 1.79. The molecule has 0 bridgehead atoms. The number of hydrogen-bond acceptors (Lipinski definition) is 2. The highest BCUT2D eigenvalue weighted by Crippen LogP contribution is 2.23. The van der Waals surface area contributed by atoms with Gasteiger partial charge in [-0.2, -0.15) is 0 Å². The van der Waals surface area contributed by atoms with Gasteiger partial charge in [-0.1, -0.05) is 11.6 Å². The smallest absolute Gasteiger partial charge is 0.255 e. The standard InChI is InChI=1S/C14H18ClFN2O.ClH/c1-9-7-11(12(15)8-13(9)16)14(19)18(2)10-3-5-17-6-4-10;/h7-8,10,17H,3-6H2,1-2H3;1H. The summed E-state index contributed by atoms with van der Waals surface area (Å²) in [6, 6.07) is 2.95. The molecule has 1 aromatic rings. The van der Waals surface area contributed by atoms with Crippen LogP contribution in [-0.4, -0.2) is 37.0 Å². The predicted molar refractivity (Wildman–Crippen MR) is 81.4 cm³/mol. The number of piperidine rings is 1. The van der Waals surface area contributed by atoms with Gasteiger partial charge in [0.25, 0.3) is 5.91 Å². The number of amides is 1. The summed E-state index contributed by atoms with van der Waals surface area (Å²) in [6.45, 7) is 3.46. The maximum Gasteiger partial charge on any atom is 0.255 e. The zero-order valence-corrected chi connectivity index (χ0v) is 13.2. The second kappa shape index (κ2) is 7.25. The van der Waals surface area contributed by atoms with Crippen molar-refractivity contribution in [3.63, 3.8) is 0 Å². The van der Waals surface area contributed by atoms with Gasteiger partial charge in [0.05, 0.1) is 10.6 Å². The fourth-order valence-electron chi connectivity index (χ4n) is 2.37. The summed E-state index contributed by atoms with van der Waals surface area (Å²) in [4.78, 5) is 14.1. The molecule has 0 radical (unpaired) electrons. The monoisotopic (exact) mass is 320 g/mol. The molecule has 0 atom stereocenters. The fraction of sp³-hybridized carbons (Fsp3) is 0.500. The van der Waals surface area contributed by atoms with Crippen LogP contribution in [0.1, 0.15) is 28.8 Å². The van der Waals surface area contributed by atoms with Crippen molar-refractivity contribution in [1.82, 2.24) is 10.2 Å². The SMILES string of the molecule is Cc1cc(C(=O)N(C)C2CCNCC2)c(Cl)cc1F.Cl. The third-order valence-electron chi connectivity index (χ3n) is 3.66. The van der Waals surface area contributed by atoms with Gasteiger partial charge in [-0.25, -0.2) is 4.39 Å². The van der Waals surface area contributed by atoms with Crippen LogP contribution < -0.4 is 5.32 Å². The number of nitrogens with one attached hydrogen (secondary N) is 1. The lowest BCUT2D eigenvalue weighted by Crippen LogP contribution is -2.44. The van der Waals surface area contributed by atoms with Crippen molar-refractivity contribution in [3.05, 3.63) is 34.1 Å². The molecule has 1 N–H and O–H groups in total. The van der Waals surface area contributed by atoms with E-state index in [9.17, 15) is 9.18 Å². The van der Waals surface area contributed by atoms with Crippen molar-refractivity contribution in [1.29, 1.82) is 0 Å². The van der Waals surface area contributed by atoms with Gasteiger partial charge < -0.3 is 10.2 Å². The Morgan fingerprint density at radius 1 is 1.40 bits per heavy atom. The first kappa shape index (κ1) is 17.2. The van der Waals surface area contributed by atoms with Crippen LogP contribution in [0.2, 0.25) is 5.02 Å². The van der Waals surface area contributed by atoms with E-state index in [1.807, 2.05) is 0 Å². The predicted octanol–water partition coefficient (Wildman–Crippen LogP) is 3.03. The van der Waals surface area contributed by atoms with Crippen molar-refractivity contribution >= 4 is 29.9 Å². The van der Waals surface area contributed by atoms with Gasteiger partial charge in [-0.3, -0.25) is 4.79 Å². The summed E-state index contributed by atoms with van der Waals surface area (Å²) in [5.74, 6) is -0.522. The van der Waals surface area contributed by atoms with E-state index in [2.05, 4.69) is 5.32 Å². The molecule has 1 aliphatic rings. The van der Waals surface area contributed by atoms with E-state index >= 15 is 0 Å². The molecule has 0 unspecified atom stereocenters. The third kappa shape index (κ3) is 3.62. The lowest BCUT2D eigenvalue weighted by molar-refractivity contribution is 0.0703. The van der Waals surface area contributed by atoms with Gasteiger partial charge in [0.2, 0.25) is 0 Å². The van der Waals surface area contributed by atoms with E-state index in [1.165, 1.54) is 12.1 Å². The van der Waals surface area contributed by atoms with E-state index in [4.69, 9.17) is 11.6 Å². The van der Waals surface area contributed by atoms with Crippen molar-refractivity contribution < 1.29 is 9.18 Å². The average Bonchev–Trinajstić information content (AvgIpc) is 2.42.